The van der Waals surface area contributed by atoms with Gasteiger partial charge in [0.25, 0.3) is 0 Å². The third kappa shape index (κ3) is 12.3. The molecule has 2 aromatic rings. The number of benzene rings is 2. The maximum absolute atomic E-state index is 10.8. The van der Waals surface area contributed by atoms with E-state index >= 15 is 0 Å². The quantitative estimate of drug-likeness (QED) is 0.151. The lowest BCUT2D eigenvalue weighted by Crippen LogP contribution is -2.04. The lowest BCUT2D eigenvalue weighted by atomic mass is 9.84. The molecular formula is C36H58O2. The van der Waals surface area contributed by atoms with Gasteiger partial charge in [0.15, 0.2) is 0 Å². The van der Waals surface area contributed by atoms with Crippen LogP contribution in [-0.4, -0.2) is 10.2 Å². The van der Waals surface area contributed by atoms with Gasteiger partial charge < -0.3 is 10.2 Å². The van der Waals surface area contributed by atoms with Crippen molar-refractivity contribution >= 4 is 0 Å². The Kier molecular flexibility index (Phi) is 17.0. The Labute approximate surface area is 235 Å². The average molecular weight is 523 g/mol. The Hall–Kier alpha value is -1.96. The molecule has 0 saturated carbocycles. The van der Waals surface area contributed by atoms with Gasteiger partial charge in [0.05, 0.1) is 0 Å². The van der Waals surface area contributed by atoms with Crippen molar-refractivity contribution in [2.75, 3.05) is 0 Å². The third-order valence-electron chi connectivity index (χ3n) is 8.39. The summed E-state index contributed by atoms with van der Waals surface area (Å²) in [6, 6.07) is 12.0. The van der Waals surface area contributed by atoms with Crippen LogP contribution in [0.1, 0.15) is 164 Å². The molecule has 0 heterocycles. The summed E-state index contributed by atoms with van der Waals surface area (Å²) >= 11 is 0. The summed E-state index contributed by atoms with van der Waals surface area (Å²) < 4.78 is 0. The zero-order chi connectivity index (χ0) is 27.4. The number of phenols is 2. The Morgan fingerprint density at radius 2 is 0.789 bits per heavy atom. The highest BCUT2D eigenvalue weighted by molar-refractivity contribution is 5.50. The molecular weight excluding hydrogens is 464 g/mol. The SMILES string of the molecule is CCCCCCCCCCCCCCCCCCCCCC(c1cccc(C)c1O)c1cccc(C)c1O. The van der Waals surface area contributed by atoms with Crippen LogP contribution in [-0.2, 0) is 0 Å². The minimum atomic E-state index is 0.0283. The molecule has 0 radical (unpaired) electrons. The summed E-state index contributed by atoms with van der Waals surface area (Å²) in [5.74, 6) is 0.771. The number of aryl methyl sites for hydroxylation is 2. The van der Waals surface area contributed by atoms with Crippen LogP contribution >= 0.6 is 0 Å². The van der Waals surface area contributed by atoms with E-state index in [0.717, 1.165) is 35.1 Å². The fourth-order valence-electron chi connectivity index (χ4n) is 5.83. The molecule has 2 aromatic carbocycles. The maximum atomic E-state index is 10.8. The molecule has 2 heteroatoms. The summed E-state index contributed by atoms with van der Waals surface area (Å²) in [5, 5.41) is 21.5. The highest BCUT2D eigenvalue weighted by Crippen LogP contribution is 2.41. The lowest BCUT2D eigenvalue weighted by molar-refractivity contribution is 0.443. The molecule has 0 bridgehead atoms. The molecule has 38 heavy (non-hydrogen) atoms. The van der Waals surface area contributed by atoms with Gasteiger partial charge in [-0.2, -0.15) is 0 Å². The summed E-state index contributed by atoms with van der Waals surface area (Å²) in [5.41, 5.74) is 3.67. The molecule has 0 atom stereocenters. The second kappa shape index (κ2) is 20.0. The van der Waals surface area contributed by atoms with E-state index in [2.05, 4.69) is 6.92 Å². The average Bonchev–Trinajstić information content (AvgIpc) is 2.91. The minimum absolute atomic E-state index is 0.0283. The van der Waals surface area contributed by atoms with Gasteiger partial charge in [-0.1, -0.05) is 165 Å². The molecule has 2 N–H and O–H groups in total. The highest BCUT2D eigenvalue weighted by atomic mass is 16.3. The van der Waals surface area contributed by atoms with Gasteiger partial charge >= 0.3 is 0 Å². The van der Waals surface area contributed by atoms with E-state index in [0.29, 0.717) is 11.5 Å². The molecule has 0 saturated heterocycles. The smallest absolute Gasteiger partial charge is 0.122 e. The number of phenolic OH excluding ortho intramolecular Hbond substituents is 2. The number of unbranched alkanes of at least 4 members (excludes halogenated alkanes) is 18. The Morgan fingerprint density at radius 3 is 1.13 bits per heavy atom. The van der Waals surface area contributed by atoms with Crippen LogP contribution in [0.3, 0.4) is 0 Å². The number of para-hydroxylation sites is 2. The van der Waals surface area contributed by atoms with E-state index in [1.54, 1.807) is 0 Å². The molecule has 0 aliphatic heterocycles. The molecule has 0 unspecified atom stereocenters. The molecule has 0 fully saturated rings. The first-order chi connectivity index (χ1) is 18.6. The zero-order valence-corrected chi connectivity index (χ0v) is 25.1. The van der Waals surface area contributed by atoms with Gasteiger partial charge in [0.1, 0.15) is 11.5 Å². The first-order valence-electron chi connectivity index (χ1n) is 16.1. The van der Waals surface area contributed by atoms with Crippen LogP contribution in [0.15, 0.2) is 36.4 Å². The number of rotatable bonds is 22. The van der Waals surface area contributed by atoms with Gasteiger partial charge in [-0.05, 0) is 31.4 Å². The van der Waals surface area contributed by atoms with Crippen LogP contribution in [0.5, 0.6) is 11.5 Å². The van der Waals surface area contributed by atoms with E-state index in [1.165, 1.54) is 116 Å². The van der Waals surface area contributed by atoms with Gasteiger partial charge in [0.2, 0.25) is 0 Å². The van der Waals surface area contributed by atoms with E-state index in [4.69, 9.17) is 0 Å². The predicted octanol–water partition coefficient (Wildman–Crippen LogP) is 11.7. The lowest BCUT2D eigenvalue weighted by Gasteiger charge is -2.22. The van der Waals surface area contributed by atoms with Crippen molar-refractivity contribution in [3.63, 3.8) is 0 Å². The molecule has 2 rings (SSSR count). The fraction of sp³-hybridized carbons (Fsp3) is 0.667. The van der Waals surface area contributed by atoms with Crippen molar-refractivity contribution in [2.45, 2.75) is 155 Å². The Bertz CT molecular complexity index is 820. The maximum Gasteiger partial charge on any atom is 0.122 e. The molecule has 0 amide bonds. The normalized spacial score (nSPS) is 11.5. The third-order valence-corrected chi connectivity index (χ3v) is 8.39. The predicted molar refractivity (Wildman–Crippen MR) is 166 cm³/mol. The van der Waals surface area contributed by atoms with Crippen LogP contribution in [0.25, 0.3) is 0 Å². The van der Waals surface area contributed by atoms with E-state index < -0.39 is 0 Å². The van der Waals surface area contributed by atoms with Crippen LogP contribution in [0.4, 0.5) is 0 Å². The molecule has 0 aliphatic rings. The first kappa shape index (κ1) is 32.3. The van der Waals surface area contributed by atoms with Crippen LogP contribution in [0, 0.1) is 13.8 Å². The molecule has 0 spiro atoms. The van der Waals surface area contributed by atoms with Gasteiger partial charge in [-0.3, -0.25) is 0 Å². The van der Waals surface area contributed by atoms with E-state index in [9.17, 15) is 10.2 Å². The Morgan fingerprint density at radius 1 is 0.474 bits per heavy atom. The molecule has 0 aliphatic carbocycles. The first-order valence-corrected chi connectivity index (χ1v) is 16.1. The Balaban J connectivity index is 1.55. The van der Waals surface area contributed by atoms with Crippen LogP contribution in [0.2, 0.25) is 0 Å². The second-order valence-corrected chi connectivity index (χ2v) is 11.7. The van der Waals surface area contributed by atoms with Crippen molar-refractivity contribution in [3.8, 4) is 11.5 Å². The van der Waals surface area contributed by atoms with E-state index in [-0.39, 0.29) is 5.92 Å². The largest absolute Gasteiger partial charge is 0.507 e. The number of hydrogen-bond donors (Lipinski definition) is 2. The standard InChI is InChI=1S/C36H58O2/c1-4-5-6-7-8-9-10-11-12-13-14-15-16-17-18-19-20-21-22-27-32(33-28-23-25-30(2)35(33)37)34-29-24-26-31(3)36(34)38/h23-26,28-29,32,37-38H,4-22,27H2,1-3H3. The summed E-state index contributed by atoms with van der Waals surface area (Å²) in [4.78, 5) is 0. The zero-order valence-electron chi connectivity index (χ0n) is 25.1. The summed E-state index contributed by atoms with van der Waals surface area (Å²) in [6.45, 7) is 6.19. The number of hydrogen-bond acceptors (Lipinski definition) is 2. The second-order valence-electron chi connectivity index (χ2n) is 11.7. The molecule has 2 nitrogen and oxygen atoms in total. The van der Waals surface area contributed by atoms with Gasteiger partial charge in [-0.15, -0.1) is 0 Å². The van der Waals surface area contributed by atoms with Crippen molar-refractivity contribution < 1.29 is 10.2 Å². The monoisotopic (exact) mass is 522 g/mol. The fourth-order valence-corrected chi connectivity index (χ4v) is 5.83. The van der Waals surface area contributed by atoms with Crippen molar-refractivity contribution in [3.05, 3.63) is 58.7 Å². The van der Waals surface area contributed by atoms with Crippen molar-refractivity contribution in [1.82, 2.24) is 0 Å². The van der Waals surface area contributed by atoms with Gasteiger partial charge in [0, 0.05) is 17.0 Å². The van der Waals surface area contributed by atoms with Crippen LogP contribution < -0.4 is 0 Å². The topological polar surface area (TPSA) is 40.5 Å². The van der Waals surface area contributed by atoms with Crippen molar-refractivity contribution in [1.29, 1.82) is 0 Å². The summed E-state index contributed by atoms with van der Waals surface area (Å²) in [7, 11) is 0. The molecule has 0 aromatic heterocycles. The molecule has 214 valence electrons. The summed E-state index contributed by atoms with van der Waals surface area (Å²) in [6.07, 6.45) is 27.2. The highest BCUT2D eigenvalue weighted by Gasteiger charge is 2.21. The number of aromatic hydroxyl groups is 2. The van der Waals surface area contributed by atoms with E-state index in [1.807, 2.05) is 50.2 Å². The van der Waals surface area contributed by atoms with Gasteiger partial charge in [-0.25, -0.2) is 0 Å². The minimum Gasteiger partial charge on any atom is -0.507 e. The van der Waals surface area contributed by atoms with Crippen molar-refractivity contribution in [2.24, 2.45) is 0 Å².